The summed E-state index contributed by atoms with van der Waals surface area (Å²) in [5.41, 5.74) is 2.03. The molecule has 0 aliphatic carbocycles. The number of benzene rings is 1. The number of carbonyl (C=O) groups excluding carboxylic acids is 1. The van der Waals surface area contributed by atoms with E-state index in [1.54, 1.807) is 0 Å². The fourth-order valence-corrected chi connectivity index (χ4v) is 3.89. The topological polar surface area (TPSA) is 61.8 Å². The molecule has 2 saturated heterocycles. The zero-order valence-electron chi connectivity index (χ0n) is 17.3. The van der Waals surface area contributed by atoms with Gasteiger partial charge in [-0.15, -0.1) is 0 Å². The van der Waals surface area contributed by atoms with E-state index in [1.807, 2.05) is 49.1 Å². The number of aryl methyl sites for hydroxylation is 2. The molecule has 1 amide bonds. The second kappa shape index (κ2) is 8.68. The van der Waals surface area contributed by atoms with E-state index in [9.17, 15) is 4.79 Å². The Bertz CT molecular complexity index is 858. The average molecular weight is 396 g/mol. The monoisotopic (exact) mass is 395 g/mol. The maximum absolute atomic E-state index is 12.6. The van der Waals surface area contributed by atoms with Gasteiger partial charge in [-0.1, -0.05) is 18.2 Å². The molecule has 29 heavy (non-hydrogen) atoms. The molecule has 0 radical (unpaired) electrons. The first-order chi connectivity index (χ1) is 14.1. The SMILES string of the molecule is Cc1cc(N2CCN(C(=O)COc3ccccc3C)CC2)nc(N2CCCC2)n1. The number of anilines is 2. The summed E-state index contributed by atoms with van der Waals surface area (Å²) in [6.07, 6.45) is 2.41. The summed E-state index contributed by atoms with van der Waals surface area (Å²) in [6.45, 7) is 9.05. The molecule has 0 saturated carbocycles. The van der Waals surface area contributed by atoms with Gasteiger partial charge in [-0.05, 0) is 38.3 Å². The minimum atomic E-state index is 0.0320. The lowest BCUT2D eigenvalue weighted by atomic mass is 10.2. The van der Waals surface area contributed by atoms with Gasteiger partial charge in [0, 0.05) is 51.0 Å². The van der Waals surface area contributed by atoms with Crippen molar-refractivity contribution in [2.75, 3.05) is 55.7 Å². The van der Waals surface area contributed by atoms with Crippen LogP contribution in [0.1, 0.15) is 24.1 Å². The van der Waals surface area contributed by atoms with Crippen molar-refractivity contribution in [3.63, 3.8) is 0 Å². The number of carbonyl (C=O) groups is 1. The molecule has 2 fully saturated rings. The lowest BCUT2D eigenvalue weighted by Gasteiger charge is -2.35. The zero-order chi connectivity index (χ0) is 20.2. The Kier molecular flexibility index (Phi) is 5.83. The average Bonchev–Trinajstić information content (AvgIpc) is 3.28. The number of hydrogen-bond donors (Lipinski definition) is 0. The van der Waals surface area contributed by atoms with E-state index >= 15 is 0 Å². The smallest absolute Gasteiger partial charge is 0.260 e. The lowest BCUT2D eigenvalue weighted by molar-refractivity contribution is -0.133. The first-order valence-corrected chi connectivity index (χ1v) is 10.4. The minimum Gasteiger partial charge on any atom is -0.484 e. The molecule has 2 aliphatic heterocycles. The number of hydrogen-bond acceptors (Lipinski definition) is 6. The van der Waals surface area contributed by atoms with Crippen LogP contribution >= 0.6 is 0 Å². The highest BCUT2D eigenvalue weighted by Gasteiger charge is 2.24. The second-order valence-electron chi connectivity index (χ2n) is 7.78. The third-order valence-corrected chi connectivity index (χ3v) is 5.62. The van der Waals surface area contributed by atoms with Gasteiger partial charge in [-0.25, -0.2) is 4.98 Å². The molecule has 0 N–H and O–H groups in total. The van der Waals surface area contributed by atoms with Crippen molar-refractivity contribution in [1.82, 2.24) is 14.9 Å². The summed E-state index contributed by atoms with van der Waals surface area (Å²) in [6, 6.07) is 9.81. The van der Waals surface area contributed by atoms with Gasteiger partial charge in [0.15, 0.2) is 6.61 Å². The molecular weight excluding hydrogens is 366 g/mol. The van der Waals surface area contributed by atoms with Gasteiger partial charge in [0.2, 0.25) is 5.95 Å². The largest absolute Gasteiger partial charge is 0.484 e. The molecule has 1 aromatic carbocycles. The molecule has 0 bridgehead atoms. The van der Waals surface area contributed by atoms with Crippen LogP contribution < -0.4 is 14.5 Å². The Balaban J connectivity index is 1.33. The minimum absolute atomic E-state index is 0.0320. The van der Waals surface area contributed by atoms with Gasteiger partial charge in [0.05, 0.1) is 0 Å². The molecule has 154 valence electrons. The van der Waals surface area contributed by atoms with Gasteiger partial charge in [-0.2, -0.15) is 4.98 Å². The van der Waals surface area contributed by atoms with Crippen molar-refractivity contribution < 1.29 is 9.53 Å². The van der Waals surface area contributed by atoms with Crippen molar-refractivity contribution in [2.45, 2.75) is 26.7 Å². The fourth-order valence-electron chi connectivity index (χ4n) is 3.89. The van der Waals surface area contributed by atoms with Gasteiger partial charge in [0.25, 0.3) is 5.91 Å². The van der Waals surface area contributed by atoms with E-state index in [1.165, 1.54) is 12.8 Å². The van der Waals surface area contributed by atoms with Gasteiger partial charge < -0.3 is 19.4 Å². The molecule has 0 spiro atoms. The molecule has 0 unspecified atom stereocenters. The van der Waals surface area contributed by atoms with Crippen LogP contribution in [-0.4, -0.2) is 66.7 Å². The lowest BCUT2D eigenvalue weighted by Crippen LogP contribution is -2.50. The predicted molar refractivity (Wildman–Crippen MR) is 114 cm³/mol. The van der Waals surface area contributed by atoms with Crippen molar-refractivity contribution in [2.24, 2.45) is 0 Å². The summed E-state index contributed by atoms with van der Waals surface area (Å²) in [4.78, 5) is 28.4. The summed E-state index contributed by atoms with van der Waals surface area (Å²) >= 11 is 0. The highest BCUT2D eigenvalue weighted by Crippen LogP contribution is 2.22. The number of para-hydroxylation sites is 1. The molecule has 2 aliphatic rings. The Morgan fingerprint density at radius 3 is 2.41 bits per heavy atom. The number of amides is 1. The number of nitrogens with zero attached hydrogens (tertiary/aromatic N) is 5. The molecule has 0 atom stereocenters. The summed E-state index contributed by atoms with van der Waals surface area (Å²) < 4.78 is 5.72. The van der Waals surface area contributed by atoms with Crippen LogP contribution in [-0.2, 0) is 4.79 Å². The fraction of sp³-hybridized carbons (Fsp3) is 0.500. The summed E-state index contributed by atoms with van der Waals surface area (Å²) in [5, 5.41) is 0. The van der Waals surface area contributed by atoms with Gasteiger partial charge >= 0.3 is 0 Å². The molecule has 7 nitrogen and oxygen atoms in total. The van der Waals surface area contributed by atoms with Crippen LogP contribution in [0.25, 0.3) is 0 Å². The van der Waals surface area contributed by atoms with Crippen LogP contribution in [0.3, 0.4) is 0 Å². The standard InChI is InChI=1S/C22H29N5O2/c1-17-7-3-4-8-19(17)29-16-21(28)26-13-11-25(12-14-26)20-15-18(2)23-22(24-20)27-9-5-6-10-27/h3-4,7-8,15H,5-6,9-14,16H2,1-2H3. The molecular formula is C22H29N5O2. The quantitative estimate of drug-likeness (QED) is 0.775. The third-order valence-electron chi connectivity index (χ3n) is 5.62. The Hall–Kier alpha value is -2.83. The Morgan fingerprint density at radius 1 is 0.966 bits per heavy atom. The van der Waals surface area contributed by atoms with Crippen molar-refractivity contribution in [3.8, 4) is 5.75 Å². The van der Waals surface area contributed by atoms with Crippen molar-refractivity contribution in [3.05, 3.63) is 41.6 Å². The first kappa shape index (κ1) is 19.5. The van der Waals surface area contributed by atoms with Gasteiger partial charge in [0.1, 0.15) is 11.6 Å². The van der Waals surface area contributed by atoms with Crippen LogP contribution in [0.4, 0.5) is 11.8 Å². The van der Waals surface area contributed by atoms with Crippen molar-refractivity contribution >= 4 is 17.7 Å². The zero-order valence-corrected chi connectivity index (χ0v) is 17.3. The normalized spacial score (nSPS) is 17.0. The Morgan fingerprint density at radius 2 is 1.69 bits per heavy atom. The number of ether oxygens (including phenoxy) is 1. The molecule has 2 aromatic rings. The van der Waals surface area contributed by atoms with Gasteiger partial charge in [-0.3, -0.25) is 4.79 Å². The van der Waals surface area contributed by atoms with E-state index < -0.39 is 0 Å². The third kappa shape index (κ3) is 4.60. The highest BCUT2D eigenvalue weighted by atomic mass is 16.5. The number of piperazine rings is 1. The number of rotatable bonds is 5. The van der Waals surface area contributed by atoms with Crippen LogP contribution in [0, 0.1) is 13.8 Å². The van der Waals surface area contributed by atoms with Crippen molar-refractivity contribution in [1.29, 1.82) is 0 Å². The van der Waals surface area contributed by atoms with E-state index in [0.717, 1.165) is 55.0 Å². The summed E-state index contributed by atoms with van der Waals surface area (Å²) in [7, 11) is 0. The van der Waals surface area contributed by atoms with E-state index in [-0.39, 0.29) is 12.5 Å². The molecule has 4 rings (SSSR count). The highest BCUT2D eigenvalue weighted by molar-refractivity contribution is 5.78. The molecule has 7 heteroatoms. The van der Waals surface area contributed by atoms with Crippen LogP contribution in [0.5, 0.6) is 5.75 Å². The van der Waals surface area contributed by atoms with E-state index in [2.05, 4.69) is 14.8 Å². The second-order valence-corrected chi connectivity index (χ2v) is 7.78. The first-order valence-electron chi connectivity index (χ1n) is 10.4. The predicted octanol–water partition coefficient (Wildman–Crippen LogP) is 2.42. The molecule has 1 aromatic heterocycles. The number of aromatic nitrogens is 2. The van der Waals surface area contributed by atoms with E-state index in [4.69, 9.17) is 9.72 Å². The van der Waals surface area contributed by atoms with Crippen LogP contribution in [0.2, 0.25) is 0 Å². The Labute approximate surface area is 172 Å². The molecule has 3 heterocycles. The maximum Gasteiger partial charge on any atom is 0.260 e. The van der Waals surface area contributed by atoms with Crippen LogP contribution in [0.15, 0.2) is 30.3 Å². The van der Waals surface area contributed by atoms with E-state index in [0.29, 0.717) is 13.1 Å². The summed E-state index contributed by atoms with van der Waals surface area (Å²) in [5.74, 6) is 2.60. The maximum atomic E-state index is 12.6.